The highest BCUT2D eigenvalue weighted by Crippen LogP contribution is 2.26. The molecule has 9 nitrogen and oxygen atoms in total. The minimum atomic E-state index is -3.78. The molecule has 0 aromatic heterocycles. The van der Waals surface area contributed by atoms with Gasteiger partial charge in [-0.15, -0.1) is 12.4 Å². The molecule has 0 spiro atoms. The Kier molecular flexibility index (Phi) is 7.38. The van der Waals surface area contributed by atoms with E-state index in [1.165, 1.54) is 28.6 Å². The Morgan fingerprint density at radius 3 is 2.50 bits per heavy atom. The van der Waals surface area contributed by atoms with Crippen LogP contribution in [0.5, 0.6) is 0 Å². The summed E-state index contributed by atoms with van der Waals surface area (Å²) in [4.78, 5) is 24.8. The van der Waals surface area contributed by atoms with Gasteiger partial charge in [0.1, 0.15) is 0 Å². The number of sulfonamides is 1. The quantitative estimate of drug-likeness (QED) is 0.565. The second-order valence-corrected chi connectivity index (χ2v) is 9.03. The molecule has 2 unspecified atom stereocenters. The number of nitro benzene ring substituents is 1. The number of non-ortho nitro benzene ring substituents is 1. The maximum absolute atomic E-state index is 12.9. The molecule has 3 rings (SSSR count). The van der Waals surface area contributed by atoms with Gasteiger partial charge in [-0.25, -0.2) is 8.42 Å². The molecule has 2 aliphatic heterocycles. The number of halogens is 1. The van der Waals surface area contributed by atoms with E-state index in [0.29, 0.717) is 32.5 Å². The topological polar surface area (TPSA) is 113 Å². The van der Waals surface area contributed by atoms with Gasteiger partial charge in [-0.3, -0.25) is 14.9 Å². The SMILES string of the molecule is CC1CN(C(=O)C2CCCN(S(=O)(=O)c3ccc([N+](=O)[O-])cc3)C2)CCN1.Cl. The van der Waals surface area contributed by atoms with Gasteiger partial charge in [0.05, 0.1) is 15.7 Å². The lowest BCUT2D eigenvalue weighted by molar-refractivity contribution is -0.384. The van der Waals surface area contributed by atoms with Crippen molar-refractivity contribution in [2.45, 2.75) is 30.7 Å². The second kappa shape index (κ2) is 9.17. The van der Waals surface area contributed by atoms with Crippen molar-refractivity contribution < 1.29 is 18.1 Å². The van der Waals surface area contributed by atoms with Gasteiger partial charge in [0.15, 0.2) is 0 Å². The zero-order valence-electron chi connectivity index (χ0n) is 15.6. The van der Waals surface area contributed by atoms with E-state index in [1.807, 2.05) is 11.8 Å². The average molecular weight is 433 g/mol. The number of nitrogens with zero attached hydrogens (tertiary/aromatic N) is 3. The number of nitro groups is 1. The van der Waals surface area contributed by atoms with Gasteiger partial charge in [-0.05, 0) is 31.9 Å². The van der Waals surface area contributed by atoms with Crippen molar-refractivity contribution in [2.75, 3.05) is 32.7 Å². The molecule has 0 bridgehead atoms. The molecule has 0 saturated carbocycles. The Morgan fingerprint density at radius 2 is 1.89 bits per heavy atom. The van der Waals surface area contributed by atoms with Gasteiger partial charge in [0.25, 0.3) is 5.69 Å². The van der Waals surface area contributed by atoms with E-state index in [2.05, 4.69) is 5.32 Å². The third-order valence-electron chi connectivity index (χ3n) is 5.10. The van der Waals surface area contributed by atoms with E-state index < -0.39 is 14.9 Å². The van der Waals surface area contributed by atoms with Crippen molar-refractivity contribution in [2.24, 2.45) is 5.92 Å². The molecule has 1 N–H and O–H groups in total. The van der Waals surface area contributed by atoms with Crippen LogP contribution >= 0.6 is 12.4 Å². The predicted octanol–water partition coefficient (Wildman–Crippen LogP) is 1.24. The summed E-state index contributed by atoms with van der Waals surface area (Å²) in [5.74, 6) is -0.344. The zero-order chi connectivity index (χ0) is 19.6. The molecule has 1 aromatic rings. The fourth-order valence-electron chi connectivity index (χ4n) is 3.64. The fraction of sp³-hybridized carbons (Fsp3) is 0.588. The monoisotopic (exact) mass is 432 g/mol. The molecule has 0 aliphatic carbocycles. The van der Waals surface area contributed by atoms with Crippen molar-refractivity contribution >= 4 is 34.0 Å². The van der Waals surface area contributed by atoms with Gasteiger partial charge in [-0.1, -0.05) is 0 Å². The maximum atomic E-state index is 12.9. The number of benzene rings is 1. The number of carbonyl (C=O) groups excluding carboxylic acids is 1. The Morgan fingerprint density at radius 1 is 1.21 bits per heavy atom. The molecule has 2 aliphatic rings. The summed E-state index contributed by atoms with van der Waals surface area (Å²) in [6.07, 6.45) is 1.29. The van der Waals surface area contributed by atoms with Gasteiger partial charge >= 0.3 is 0 Å². The zero-order valence-corrected chi connectivity index (χ0v) is 17.2. The molecular weight excluding hydrogens is 408 g/mol. The van der Waals surface area contributed by atoms with E-state index in [0.717, 1.165) is 6.54 Å². The van der Waals surface area contributed by atoms with Gasteiger partial charge in [-0.2, -0.15) is 4.31 Å². The van der Waals surface area contributed by atoms with Crippen LogP contribution < -0.4 is 5.32 Å². The summed E-state index contributed by atoms with van der Waals surface area (Å²) in [7, 11) is -3.78. The summed E-state index contributed by atoms with van der Waals surface area (Å²) in [5, 5.41) is 14.0. The first-order valence-corrected chi connectivity index (χ1v) is 10.5. The summed E-state index contributed by atoms with van der Waals surface area (Å²) in [6, 6.07) is 5.09. The number of nitrogens with one attached hydrogen (secondary N) is 1. The van der Waals surface area contributed by atoms with Crippen LogP contribution in [0.2, 0.25) is 0 Å². The summed E-state index contributed by atoms with van der Waals surface area (Å²) in [5.41, 5.74) is -0.159. The van der Waals surface area contributed by atoms with Crippen molar-refractivity contribution in [1.29, 1.82) is 0 Å². The first-order chi connectivity index (χ1) is 12.8. The number of hydrogen-bond acceptors (Lipinski definition) is 6. The van der Waals surface area contributed by atoms with Crippen LogP contribution in [0.25, 0.3) is 0 Å². The number of rotatable bonds is 4. The van der Waals surface area contributed by atoms with Crippen LogP contribution in [0.4, 0.5) is 5.69 Å². The Balaban J connectivity index is 0.00000280. The number of piperazine rings is 1. The minimum absolute atomic E-state index is 0. The van der Waals surface area contributed by atoms with Crippen LogP contribution in [0.1, 0.15) is 19.8 Å². The first-order valence-electron chi connectivity index (χ1n) is 9.06. The highest BCUT2D eigenvalue weighted by molar-refractivity contribution is 7.89. The third-order valence-corrected chi connectivity index (χ3v) is 6.98. The van der Waals surface area contributed by atoms with Crippen LogP contribution in [0.3, 0.4) is 0 Å². The minimum Gasteiger partial charge on any atom is -0.340 e. The second-order valence-electron chi connectivity index (χ2n) is 7.09. The van der Waals surface area contributed by atoms with Crippen LogP contribution in [0, 0.1) is 16.0 Å². The fourth-order valence-corrected chi connectivity index (χ4v) is 5.17. The molecule has 11 heteroatoms. The number of carbonyl (C=O) groups is 1. The molecule has 28 heavy (non-hydrogen) atoms. The van der Waals surface area contributed by atoms with E-state index in [9.17, 15) is 23.3 Å². The summed E-state index contributed by atoms with van der Waals surface area (Å²) >= 11 is 0. The van der Waals surface area contributed by atoms with Gasteiger partial charge in [0.2, 0.25) is 15.9 Å². The molecule has 156 valence electrons. The average Bonchev–Trinajstić information content (AvgIpc) is 2.67. The number of piperidine rings is 1. The molecule has 1 amide bonds. The molecule has 2 fully saturated rings. The molecule has 0 radical (unpaired) electrons. The van der Waals surface area contributed by atoms with E-state index in [4.69, 9.17) is 0 Å². The molecule has 2 heterocycles. The number of amides is 1. The van der Waals surface area contributed by atoms with Crippen LogP contribution in [-0.2, 0) is 14.8 Å². The van der Waals surface area contributed by atoms with Crippen LogP contribution in [-0.4, -0.2) is 67.2 Å². The normalized spacial score (nSPS) is 23.7. The molecular formula is C17H25ClN4O5S. The van der Waals surface area contributed by atoms with E-state index in [-0.39, 0.29) is 47.4 Å². The lowest BCUT2D eigenvalue weighted by Crippen LogP contribution is -2.54. The maximum Gasteiger partial charge on any atom is 0.269 e. The van der Waals surface area contributed by atoms with Crippen molar-refractivity contribution in [3.8, 4) is 0 Å². The highest BCUT2D eigenvalue weighted by atomic mass is 35.5. The Bertz CT molecular complexity index is 817. The van der Waals surface area contributed by atoms with Crippen molar-refractivity contribution in [3.05, 3.63) is 34.4 Å². The highest BCUT2D eigenvalue weighted by Gasteiger charge is 2.36. The van der Waals surface area contributed by atoms with Crippen molar-refractivity contribution in [1.82, 2.24) is 14.5 Å². The Hall–Kier alpha value is -1.75. The Labute approximate surface area is 170 Å². The first kappa shape index (κ1) is 22.5. The summed E-state index contributed by atoms with van der Waals surface area (Å²) < 4.78 is 27.1. The van der Waals surface area contributed by atoms with Gasteiger partial charge < -0.3 is 10.2 Å². The largest absolute Gasteiger partial charge is 0.340 e. The van der Waals surface area contributed by atoms with Crippen molar-refractivity contribution in [3.63, 3.8) is 0 Å². The molecule has 2 saturated heterocycles. The number of hydrogen-bond donors (Lipinski definition) is 1. The van der Waals surface area contributed by atoms with Gasteiger partial charge in [0, 0.05) is 50.9 Å². The summed E-state index contributed by atoms with van der Waals surface area (Å²) in [6.45, 7) is 4.52. The van der Waals surface area contributed by atoms with Crippen LogP contribution in [0.15, 0.2) is 29.2 Å². The van der Waals surface area contributed by atoms with E-state index in [1.54, 1.807) is 0 Å². The standard InChI is InChI=1S/C17H24N4O5S.ClH/c1-13-11-19(10-8-18-13)17(22)14-3-2-9-20(12-14)27(25,26)16-6-4-15(5-7-16)21(23)24;/h4-7,13-14,18H,2-3,8-12H2,1H3;1H. The van der Waals surface area contributed by atoms with E-state index >= 15 is 0 Å². The predicted molar refractivity (Wildman–Crippen MR) is 106 cm³/mol. The smallest absolute Gasteiger partial charge is 0.269 e. The lowest BCUT2D eigenvalue weighted by atomic mass is 9.97. The lowest BCUT2D eigenvalue weighted by Gasteiger charge is -2.37. The molecule has 2 atom stereocenters. The third kappa shape index (κ3) is 4.80. The molecule has 1 aromatic carbocycles.